The molecule has 2 rings (SSSR count). The molecule has 2 fully saturated rings. The van der Waals surface area contributed by atoms with Crippen molar-refractivity contribution < 1.29 is 0 Å². The van der Waals surface area contributed by atoms with Gasteiger partial charge in [-0.3, -0.25) is 0 Å². The maximum Gasteiger partial charge on any atom is 0.0127 e. The van der Waals surface area contributed by atoms with Crippen molar-refractivity contribution in [1.82, 2.24) is 0 Å². The molecule has 0 bridgehead atoms. The molecule has 1 heteroatoms. The van der Waals surface area contributed by atoms with E-state index in [4.69, 9.17) is 5.73 Å². The summed E-state index contributed by atoms with van der Waals surface area (Å²) in [6.45, 7) is 4.69. The summed E-state index contributed by atoms with van der Waals surface area (Å²) in [6.07, 6.45) is 7.00. The van der Waals surface area contributed by atoms with E-state index in [9.17, 15) is 0 Å². The molecule has 0 radical (unpaired) electrons. The molecule has 0 saturated heterocycles. The van der Waals surface area contributed by atoms with Gasteiger partial charge in [0.15, 0.2) is 0 Å². The van der Waals surface area contributed by atoms with E-state index in [1.807, 2.05) is 0 Å². The van der Waals surface area contributed by atoms with E-state index < -0.39 is 0 Å². The van der Waals surface area contributed by atoms with Gasteiger partial charge in [-0.25, -0.2) is 0 Å². The Kier molecular flexibility index (Phi) is 1.95. The third-order valence-corrected chi connectivity index (χ3v) is 4.65. The molecule has 1 nitrogen and oxygen atoms in total. The standard InChI is InChI=1S/C11H21N/c1-3-11(2)9-7-5-4-6-8(9)10(11)12/h8-10H,3-7,12H2,1-2H3. The fourth-order valence-corrected chi connectivity index (χ4v) is 3.52. The van der Waals surface area contributed by atoms with Crippen LogP contribution in [0.25, 0.3) is 0 Å². The number of hydrogen-bond acceptors (Lipinski definition) is 1. The average Bonchev–Trinajstić information content (AvgIpc) is 2.16. The quantitative estimate of drug-likeness (QED) is 0.638. The van der Waals surface area contributed by atoms with Gasteiger partial charge in [-0.2, -0.15) is 0 Å². The maximum absolute atomic E-state index is 6.22. The van der Waals surface area contributed by atoms with Crippen LogP contribution in [0.15, 0.2) is 0 Å². The van der Waals surface area contributed by atoms with Gasteiger partial charge in [-0.15, -0.1) is 0 Å². The third-order valence-electron chi connectivity index (χ3n) is 4.65. The summed E-state index contributed by atoms with van der Waals surface area (Å²) >= 11 is 0. The van der Waals surface area contributed by atoms with Crippen LogP contribution >= 0.6 is 0 Å². The Labute approximate surface area is 75.7 Å². The zero-order chi connectivity index (χ0) is 8.77. The van der Waals surface area contributed by atoms with Gasteiger partial charge in [0, 0.05) is 6.04 Å². The fourth-order valence-electron chi connectivity index (χ4n) is 3.52. The van der Waals surface area contributed by atoms with E-state index in [1.54, 1.807) is 0 Å². The highest BCUT2D eigenvalue weighted by Crippen LogP contribution is 2.57. The monoisotopic (exact) mass is 167 g/mol. The Morgan fingerprint density at radius 3 is 2.67 bits per heavy atom. The van der Waals surface area contributed by atoms with Crippen molar-refractivity contribution in [3.05, 3.63) is 0 Å². The van der Waals surface area contributed by atoms with Crippen molar-refractivity contribution in [3.63, 3.8) is 0 Å². The lowest BCUT2D eigenvalue weighted by Crippen LogP contribution is -2.64. The van der Waals surface area contributed by atoms with Crippen LogP contribution < -0.4 is 5.73 Å². The minimum atomic E-state index is 0.491. The van der Waals surface area contributed by atoms with Crippen LogP contribution in [0.1, 0.15) is 46.0 Å². The Morgan fingerprint density at radius 2 is 2.00 bits per heavy atom. The summed E-state index contributed by atoms with van der Waals surface area (Å²) in [4.78, 5) is 0. The normalized spacial score (nSPS) is 52.8. The Bertz CT molecular complexity index is 178. The van der Waals surface area contributed by atoms with Crippen LogP contribution in [-0.4, -0.2) is 6.04 Å². The van der Waals surface area contributed by atoms with E-state index in [-0.39, 0.29) is 0 Å². The van der Waals surface area contributed by atoms with Crippen molar-refractivity contribution in [3.8, 4) is 0 Å². The molecule has 0 amide bonds. The van der Waals surface area contributed by atoms with Gasteiger partial charge in [0.05, 0.1) is 0 Å². The molecule has 0 spiro atoms. The van der Waals surface area contributed by atoms with Crippen molar-refractivity contribution in [2.45, 2.75) is 52.0 Å². The Balaban J connectivity index is 2.10. The predicted octanol–water partition coefficient (Wildman–Crippen LogP) is 2.55. The van der Waals surface area contributed by atoms with Crippen LogP contribution in [0.2, 0.25) is 0 Å². The van der Waals surface area contributed by atoms with E-state index in [0.717, 1.165) is 11.8 Å². The highest BCUT2D eigenvalue weighted by Gasteiger charge is 2.55. The first-order chi connectivity index (χ1) is 5.70. The van der Waals surface area contributed by atoms with Crippen LogP contribution in [-0.2, 0) is 0 Å². The van der Waals surface area contributed by atoms with Gasteiger partial charge < -0.3 is 5.73 Å². The molecule has 4 atom stereocenters. The van der Waals surface area contributed by atoms with Gasteiger partial charge in [0.2, 0.25) is 0 Å². The number of rotatable bonds is 1. The first kappa shape index (κ1) is 8.55. The fraction of sp³-hybridized carbons (Fsp3) is 1.00. The highest BCUT2D eigenvalue weighted by molar-refractivity contribution is 5.08. The van der Waals surface area contributed by atoms with Gasteiger partial charge in [-0.05, 0) is 36.5 Å². The molecule has 0 aromatic rings. The predicted molar refractivity (Wildman–Crippen MR) is 51.8 cm³/mol. The van der Waals surface area contributed by atoms with Gasteiger partial charge in [0.25, 0.3) is 0 Å². The molecule has 2 N–H and O–H groups in total. The largest absolute Gasteiger partial charge is 0.327 e. The Morgan fingerprint density at radius 1 is 1.33 bits per heavy atom. The molecule has 2 aliphatic carbocycles. The first-order valence-electron chi connectivity index (χ1n) is 5.45. The molecule has 0 heterocycles. The molecular weight excluding hydrogens is 146 g/mol. The smallest absolute Gasteiger partial charge is 0.0127 e. The minimum Gasteiger partial charge on any atom is -0.327 e. The van der Waals surface area contributed by atoms with E-state index >= 15 is 0 Å². The van der Waals surface area contributed by atoms with Crippen LogP contribution in [0.5, 0.6) is 0 Å². The van der Waals surface area contributed by atoms with Crippen molar-refractivity contribution in [2.75, 3.05) is 0 Å². The van der Waals surface area contributed by atoms with Crippen molar-refractivity contribution in [2.24, 2.45) is 23.0 Å². The lowest BCUT2D eigenvalue weighted by Gasteiger charge is -2.61. The third kappa shape index (κ3) is 0.891. The summed E-state index contributed by atoms with van der Waals surface area (Å²) in [5, 5.41) is 0. The summed E-state index contributed by atoms with van der Waals surface area (Å²) in [7, 11) is 0. The second-order valence-corrected chi connectivity index (χ2v) is 4.94. The number of hydrogen-bond donors (Lipinski definition) is 1. The molecule has 0 aliphatic heterocycles. The molecule has 12 heavy (non-hydrogen) atoms. The minimum absolute atomic E-state index is 0.491. The number of fused-ring (bicyclic) bond motifs is 1. The summed E-state index contributed by atoms with van der Waals surface area (Å²) in [5.41, 5.74) is 6.71. The maximum atomic E-state index is 6.22. The molecule has 2 aliphatic rings. The van der Waals surface area contributed by atoms with E-state index in [0.29, 0.717) is 11.5 Å². The molecular formula is C11H21N. The number of nitrogens with two attached hydrogens (primary N) is 1. The zero-order valence-corrected chi connectivity index (χ0v) is 8.34. The summed E-state index contributed by atoms with van der Waals surface area (Å²) in [5.74, 6) is 1.84. The highest BCUT2D eigenvalue weighted by atomic mass is 14.8. The Hall–Kier alpha value is -0.0400. The summed E-state index contributed by atoms with van der Waals surface area (Å²) < 4.78 is 0. The second kappa shape index (κ2) is 2.73. The average molecular weight is 167 g/mol. The molecule has 70 valence electrons. The second-order valence-electron chi connectivity index (χ2n) is 4.94. The van der Waals surface area contributed by atoms with Crippen LogP contribution in [0.4, 0.5) is 0 Å². The lowest BCUT2D eigenvalue weighted by atomic mass is 9.46. The zero-order valence-electron chi connectivity index (χ0n) is 8.34. The molecule has 0 aromatic heterocycles. The van der Waals surface area contributed by atoms with E-state index in [2.05, 4.69) is 13.8 Å². The van der Waals surface area contributed by atoms with Crippen LogP contribution in [0.3, 0.4) is 0 Å². The van der Waals surface area contributed by atoms with Crippen LogP contribution in [0, 0.1) is 17.3 Å². The summed E-state index contributed by atoms with van der Waals surface area (Å²) in [6, 6.07) is 0.507. The van der Waals surface area contributed by atoms with Gasteiger partial charge in [0.1, 0.15) is 0 Å². The molecule has 4 unspecified atom stereocenters. The SMILES string of the molecule is CCC1(C)C(N)C2CCCCC21. The molecule has 0 aromatic carbocycles. The van der Waals surface area contributed by atoms with E-state index in [1.165, 1.54) is 32.1 Å². The topological polar surface area (TPSA) is 26.0 Å². The van der Waals surface area contributed by atoms with Crippen molar-refractivity contribution >= 4 is 0 Å². The molecule has 2 saturated carbocycles. The van der Waals surface area contributed by atoms with Gasteiger partial charge >= 0.3 is 0 Å². The first-order valence-corrected chi connectivity index (χ1v) is 5.45. The van der Waals surface area contributed by atoms with Gasteiger partial charge in [-0.1, -0.05) is 26.7 Å². The lowest BCUT2D eigenvalue weighted by molar-refractivity contribution is -0.0856. The van der Waals surface area contributed by atoms with Crippen molar-refractivity contribution in [1.29, 1.82) is 0 Å².